The second-order valence-electron chi connectivity index (χ2n) is 8.44. The van der Waals surface area contributed by atoms with Crippen LogP contribution in [0.2, 0.25) is 0 Å². The van der Waals surface area contributed by atoms with Crippen molar-refractivity contribution in [2.75, 3.05) is 37.8 Å². The van der Waals surface area contributed by atoms with Gasteiger partial charge in [0.05, 0.1) is 15.3 Å². The van der Waals surface area contributed by atoms with Gasteiger partial charge in [-0.15, -0.1) is 11.3 Å². The van der Waals surface area contributed by atoms with Crippen LogP contribution in [0.4, 0.5) is 11.6 Å². The van der Waals surface area contributed by atoms with Crippen LogP contribution in [-0.4, -0.2) is 72.4 Å². The number of aromatic nitrogens is 2. The first kappa shape index (κ1) is 23.2. The highest BCUT2D eigenvalue weighted by atomic mass is 32.2. The summed E-state index contributed by atoms with van der Waals surface area (Å²) in [6.45, 7) is 3.64. The van der Waals surface area contributed by atoms with Crippen LogP contribution < -0.4 is 5.32 Å². The van der Waals surface area contributed by atoms with Gasteiger partial charge in [0, 0.05) is 66.7 Å². The number of thiophene rings is 1. The molecule has 0 spiro atoms. The van der Waals surface area contributed by atoms with E-state index in [0.717, 1.165) is 21.7 Å². The van der Waals surface area contributed by atoms with Crippen LogP contribution >= 0.6 is 11.3 Å². The lowest BCUT2D eigenvalue weighted by Crippen LogP contribution is -2.49. The standard InChI is InChI=1S/C24H23N5O4S2/c1-15(30)28-8-10-29(11-9-28)23(31)21-13-19-20(34-21)7-6-16-14-25-24(27-22(16)19)26-17-4-3-5-18(12-17)35(2,32)33/h3-7,12-14H,8-11H2,1-2H3,(H,25,26,27). The topological polar surface area (TPSA) is 113 Å². The Morgan fingerprint density at radius 1 is 1.03 bits per heavy atom. The smallest absolute Gasteiger partial charge is 0.264 e. The third-order valence-electron chi connectivity index (χ3n) is 5.99. The van der Waals surface area contributed by atoms with E-state index >= 15 is 0 Å². The van der Waals surface area contributed by atoms with Crippen LogP contribution in [0, 0.1) is 0 Å². The van der Waals surface area contributed by atoms with Crippen molar-refractivity contribution in [3.05, 3.63) is 53.5 Å². The van der Waals surface area contributed by atoms with Gasteiger partial charge in [-0.25, -0.2) is 18.4 Å². The summed E-state index contributed by atoms with van der Waals surface area (Å²) in [5.41, 5.74) is 1.27. The van der Waals surface area contributed by atoms with E-state index in [2.05, 4.69) is 15.3 Å². The van der Waals surface area contributed by atoms with Gasteiger partial charge >= 0.3 is 0 Å². The molecule has 2 aromatic heterocycles. The van der Waals surface area contributed by atoms with Crippen molar-refractivity contribution < 1.29 is 18.0 Å². The zero-order valence-corrected chi connectivity index (χ0v) is 20.8. The molecule has 0 radical (unpaired) electrons. The molecule has 0 bridgehead atoms. The number of hydrogen-bond acceptors (Lipinski definition) is 8. The Labute approximate surface area is 206 Å². The molecule has 9 nitrogen and oxygen atoms in total. The fourth-order valence-electron chi connectivity index (χ4n) is 4.09. The number of fused-ring (bicyclic) bond motifs is 3. The summed E-state index contributed by atoms with van der Waals surface area (Å²) in [6.07, 6.45) is 2.86. The Hall–Kier alpha value is -3.57. The zero-order valence-electron chi connectivity index (χ0n) is 19.2. The fraction of sp³-hybridized carbons (Fsp3) is 0.250. The Bertz CT molecular complexity index is 1570. The van der Waals surface area contributed by atoms with E-state index in [1.54, 1.807) is 35.1 Å². The molecule has 0 aliphatic carbocycles. The summed E-state index contributed by atoms with van der Waals surface area (Å²) in [5.74, 6) is 0.306. The average molecular weight is 510 g/mol. The predicted molar refractivity (Wildman–Crippen MR) is 136 cm³/mol. The highest BCUT2D eigenvalue weighted by Crippen LogP contribution is 2.32. The number of carbonyl (C=O) groups excluding carboxylic acids is 2. The van der Waals surface area contributed by atoms with Crippen LogP contribution in [-0.2, 0) is 14.6 Å². The molecule has 5 rings (SSSR count). The van der Waals surface area contributed by atoms with Crippen molar-refractivity contribution in [1.82, 2.24) is 19.8 Å². The van der Waals surface area contributed by atoms with Crippen molar-refractivity contribution in [3.63, 3.8) is 0 Å². The number of carbonyl (C=O) groups is 2. The molecule has 1 fully saturated rings. The number of piperazine rings is 1. The summed E-state index contributed by atoms with van der Waals surface area (Å²) >= 11 is 1.42. The van der Waals surface area contributed by atoms with E-state index < -0.39 is 9.84 Å². The minimum atomic E-state index is -3.34. The van der Waals surface area contributed by atoms with Crippen molar-refractivity contribution in [2.24, 2.45) is 0 Å². The highest BCUT2D eigenvalue weighted by Gasteiger charge is 2.25. The van der Waals surface area contributed by atoms with E-state index in [4.69, 9.17) is 0 Å². The normalized spacial score (nSPS) is 14.5. The molecule has 1 saturated heterocycles. The van der Waals surface area contributed by atoms with Gasteiger partial charge in [-0.2, -0.15) is 0 Å². The van der Waals surface area contributed by atoms with Crippen LogP contribution in [0.15, 0.2) is 53.6 Å². The van der Waals surface area contributed by atoms with Gasteiger partial charge in [0.25, 0.3) is 5.91 Å². The number of hydrogen-bond donors (Lipinski definition) is 1. The Morgan fingerprint density at radius 3 is 2.49 bits per heavy atom. The van der Waals surface area contributed by atoms with E-state index in [0.29, 0.717) is 48.2 Å². The Balaban J connectivity index is 1.44. The monoisotopic (exact) mass is 509 g/mol. The lowest BCUT2D eigenvalue weighted by Gasteiger charge is -2.33. The van der Waals surface area contributed by atoms with Crippen LogP contribution in [0.25, 0.3) is 21.0 Å². The maximum Gasteiger partial charge on any atom is 0.264 e. The molecule has 3 heterocycles. The first-order valence-electron chi connectivity index (χ1n) is 11.0. The summed E-state index contributed by atoms with van der Waals surface area (Å²) < 4.78 is 24.7. The molecule has 180 valence electrons. The lowest BCUT2D eigenvalue weighted by atomic mass is 10.1. The molecular weight excluding hydrogens is 486 g/mol. The summed E-state index contributed by atoms with van der Waals surface area (Å²) in [4.78, 5) is 38.1. The van der Waals surface area contributed by atoms with Gasteiger partial charge in [-0.1, -0.05) is 6.07 Å². The predicted octanol–water partition coefficient (Wildman–Crippen LogP) is 3.30. The molecule has 1 N–H and O–H groups in total. The molecule has 35 heavy (non-hydrogen) atoms. The first-order chi connectivity index (χ1) is 16.7. The largest absolute Gasteiger partial charge is 0.339 e. The second kappa shape index (κ2) is 8.90. The van der Waals surface area contributed by atoms with Gasteiger partial charge in [-0.3, -0.25) is 9.59 Å². The van der Waals surface area contributed by atoms with Gasteiger partial charge in [0.2, 0.25) is 11.9 Å². The quantitative estimate of drug-likeness (QED) is 0.449. The minimum Gasteiger partial charge on any atom is -0.339 e. The summed E-state index contributed by atoms with van der Waals surface area (Å²) in [7, 11) is -3.34. The molecule has 0 saturated carbocycles. The van der Waals surface area contributed by atoms with Crippen molar-refractivity contribution in [2.45, 2.75) is 11.8 Å². The Kier molecular flexibility index (Phi) is 5.89. The van der Waals surface area contributed by atoms with Gasteiger partial charge in [-0.05, 0) is 36.4 Å². The van der Waals surface area contributed by atoms with Gasteiger partial charge in [0.1, 0.15) is 0 Å². The Morgan fingerprint density at radius 2 is 1.77 bits per heavy atom. The van der Waals surface area contributed by atoms with Gasteiger partial charge < -0.3 is 15.1 Å². The zero-order chi connectivity index (χ0) is 24.7. The number of nitrogens with zero attached hydrogens (tertiary/aromatic N) is 4. The van der Waals surface area contributed by atoms with Crippen LogP contribution in [0.3, 0.4) is 0 Å². The molecule has 11 heteroatoms. The van der Waals surface area contributed by atoms with Crippen molar-refractivity contribution in [3.8, 4) is 0 Å². The van der Waals surface area contributed by atoms with E-state index in [9.17, 15) is 18.0 Å². The van der Waals surface area contributed by atoms with Crippen molar-refractivity contribution in [1.29, 1.82) is 0 Å². The van der Waals surface area contributed by atoms with E-state index in [1.165, 1.54) is 23.5 Å². The van der Waals surface area contributed by atoms with Crippen LogP contribution in [0.1, 0.15) is 16.6 Å². The first-order valence-corrected chi connectivity index (χ1v) is 13.7. The number of benzene rings is 2. The SMILES string of the molecule is CC(=O)N1CCN(C(=O)c2cc3c(ccc4cnc(Nc5cccc(S(C)(=O)=O)c5)nc43)s2)CC1. The third kappa shape index (κ3) is 4.69. The van der Waals surface area contributed by atoms with E-state index in [-0.39, 0.29) is 16.7 Å². The number of amides is 2. The van der Waals surface area contributed by atoms with E-state index in [1.807, 2.05) is 18.2 Å². The summed E-state index contributed by atoms with van der Waals surface area (Å²) in [5, 5.41) is 4.77. The molecule has 0 unspecified atom stereocenters. The summed E-state index contributed by atoms with van der Waals surface area (Å²) in [6, 6.07) is 12.2. The van der Waals surface area contributed by atoms with Gasteiger partial charge in [0.15, 0.2) is 9.84 Å². The molecular formula is C24H23N5O4S2. The number of rotatable bonds is 4. The minimum absolute atomic E-state index is 0.0255. The van der Waals surface area contributed by atoms with Crippen LogP contribution in [0.5, 0.6) is 0 Å². The molecule has 1 aliphatic heterocycles. The number of nitrogens with one attached hydrogen (secondary N) is 1. The average Bonchev–Trinajstić information content (AvgIpc) is 3.28. The lowest BCUT2D eigenvalue weighted by molar-refractivity contribution is -0.130. The molecule has 0 atom stereocenters. The third-order valence-corrected chi connectivity index (χ3v) is 8.19. The number of sulfone groups is 1. The molecule has 2 amide bonds. The maximum absolute atomic E-state index is 13.1. The highest BCUT2D eigenvalue weighted by molar-refractivity contribution is 7.90. The molecule has 1 aliphatic rings. The number of anilines is 2. The molecule has 2 aromatic carbocycles. The fourth-order valence-corrected chi connectivity index (χ4v) is 5.79. The second-order valence-corrected chi connectivity index (χ2v) is 11.5. The van der Waals surface area contributed by atoms with Crippen molar-refractivity contribution >= 4 is 65.6 Å². The molecule has 4 aromatic rings. The maximum atomic E-state index is 13.1.